The van der Waals surface area contributed by atoms with Gasteiger partial charge in [-0.25, -0.2) is 9.97 Å². The Kier molecular flexibility index (Phi) is 7.89. The van der Waals surface area contributed by atoms with E-state index in [9.17, 15) is 4.79 Å². The fraction of sp³-hybridized carbons (Fsp3) is 0.458. The van der Waals surface area contributed by atoms with Crippen LogP contribution in [0.15, 0.2) is 24.3 Å². The Balaban J connectivity index is 0.00000324. The van der Waals surface area contributed by atoms with Crippen molar-refractivity contribution in [2.45, 2.75) is 59.8 Å². The molecule has 0 spiro atoms. The van der Waals surface area contributed by atoms with Crippen LogP contribution in [0.5, 0.6) is 0 Å². The molecule has 0 atom stereocenters. The third-order valence-electron chi connectivity index (χ3n) is 6.17. The molecule has 34 heavy (non-hydrogen) atoms. The van der Waals surface area contributed by atoms with E-state index in [0.29, 0.717) is 30.2 Å². The number of carbonyl (C=O) groups excluding carboxylic acids is 1. The van der Waals surface area contributed by atoms with E-state index in [1.807, 2.05) is 38.4 Å². The van der Waals surface area contributed by atoms with Crippen LogP contribution in [0.25, 0.3) is 11.5 Å². The third kappa shape index (κ3) is 4.50. The molecular formula is C24H33ClN8O. The lowest BCUT2D eigenvalue weighted by molar-refractivity contribution is 0.0996. The highest BCUT2D eigenvalue weighted by atomic mass is 35.5. The number of rotatable bonds is 8. The number of hydrogen-bond donors (Lipinski definition) is 1. The normalized spacial score (nSPS) is 12.8. The lowest BCUT2D eigenvalue weighted by atomic mass is 10.1. The molecule has 0 unspecified atom stereocenters. The van der Waals surface area contributed by atoms with Gasteiger partial charge >= 0.3 is 0 Å². The number of aromatic nitrogens is 5. The van der Waals surface area contributed by atoms with Crippen LogP contribution in [0.2, 0.25) is 0 Å². The molecule has 0 fully saturated rings. The maximum Gasteiger partial charge on any atom is 0.260 e. The Labute approximate surface area is 207 Å². The van der Waals surface area contributed by atoms with Crippen molar-refractivity contribution in [1.82, 2.24) is 30.0 Å². The quantitative estimate of drug-likeness (QED) is 0.523. The van der Waals surface area contributed by atoms with Gasteiger partial charge < -0.3 is 14.8 Å². The van der Waals surface area contributed by atoms with Crippen LogP contribution in [0.4, 0.5) is 11.6 Å². The Morgan fingerprint density at radius 3 is 2.59 bits per heavy atom. The molecule has 9 nitrogen and oxygen atoms in total. The maximum absolute atomic E-state index is 13.5. The van der Waals surface area contributed by atoms with E-state index in [-0.39, 0.29) is 24.4 Å². The molecule has 0 aromatic carbocycles. The Morgan fingerprint density at radius 1 is 1.18 bits per heavy atom. The maximum atomic E-state index is 13.5. The highest BCUT2D eigenvalue weighted by Crippen LogP contribution is 2.32. The Bertz CT molecular complexity index is 1180. The van der Waals surface area contributed by atoms with Crippen molar-refractivity contribution in [2.75, 3.05) is 23.9 Å². The summed E-state index contributed by atoms with van der Waals surface area (Å²) < 4.78 is 2.07. The van der Waals surface area contributed by atoms with E-state index >= 15 is 0 Å². The van der Waals surface area contributed by atoms with E-state index in [2.05, 4.69) is 52.7 Å². The molecule has 1 aliphatic heterocycles. The van der Waals surface area contributed by atoms with Gasteiger partial charge in [-0.2, -0.15) is 0 Å². The molecule has 0 saturated carbocycles. The molecule has 10 heteroatoms. The van der Waals surface area contributed by atoms with Crippen LogP contribution >= 0.6 is 12.4 Å². The first-order valence-corrected chi connectivity index (χ1v) is 11.5. The predicted molar refractivity (Wildman–Crippen MR) is 137 cm³/mol. The standard InChI is InChI=1S/C24H32N8O.ClH/c1-7-20-28-29-23(31(20)8-2)18-10-9-11-21(26-18)32-14-17-16(24(32)33)12-22(30(6)15(3)4)27-19(17)13-25-5;/h9-12,15,25H,7-8,13-14H2,1-6H3;1H. The molecule has 3 aromatic heterocycles. The van der Waals surface area contributed by atoms with Crippen LogP contribution in [0.1, 0.15) is 55.1 Å². The van der Waals surface area contributed by atoms with Gasteiger partial charge in [0, 0.05) is 38.2 Å². The van der Waals surface area contributed by atoms with Crippen molar-refractivity contribution in [2.24, 2.45) is 0 Å². The molecule has 4 heterocycles. The van der Waals surface area contributed by atoms with Crippen molar-refractivity contribution in [3.8, 4) is 11.5 Å². The Morgan fingerprint density at radius 2 is 1.94 bits per heavy atom. The first-order valence-electron chi connectivity index (χ1n) is 11.5. The number of amides is 1. The molecule has 1 N–H and O–H groups in total. The van der Waals surface area contributed by atoms with Gasteiger partial charge in [0.15, 0.2) is 5.82 Å². The number of halogens is 1. The molecule has 3 aromatic rings. The first-order chi connectivity index (χ1) is 15.9. The highest BCUT2D eigenvalue weighted by Gasteiger charge is 2.33. The molecule has 0 saturated heterocycles. The average molecular weight is 485 g/mol. The lowest BCUT2D eigenvalue weighted by Crippen LogP contribution is -2.27. The molecule has 1 amide bonds. The average Bonchev–Trinajstić information content (AvgIpc) is 3.39. The second kappa shape index (κ2) is 10.5. The van der Waals surface area contributed by atoms with Gasteiger partial charge in [-0.1, -0.05) is 13.0 Å². The minimum absolute atomic E-state index is 0. The van der Waals surface area contributed by atoms with Gasteiger partial charge in [0.05, 0.1) is 17.8 Å². The number of pyridine rings is 2. The van der Waals surface area contributed by atoms with Gasteiger partial charge in [0.1, 0.15) is 23.2 Å². The highest BCUT2D eigenvalue weighted by molar-refractivity contribution is 6.10. The van der Waals surface area contributed by atoms with Gasteiger partial charge in [-0.05, 0) is 46.0 Å². The number of nitrogens with zero attached hydrogens (tertiary/aromatic N) is 7. The molecule has 0 bridgehead atoms. The predicted octanol–water partition coefficient (Wildman–Crippen LogP) is 3.46. The summed E-state index contributed by atoms with van der Waals surface area (Å²) in [6, 6.07) is 7.87. The summed E-state index contributed by atoms with van der Waals surface area (Å²) in [5.41, 5.74) is 3.24. The number of nitrogens with one attached hydrogen (secondary N) is 1. The summed E-state index contributed by atoms with van der Waals surface area (Å²) in [5, 5.41) is 11.8. The molecule has 182 valence electrons. The SMILES string of the molecule is CCc1nnc(-c2cccc(N3Cc4c(cc(N(C)C(C)C)nc4CNC)C3=O)n2)n1CC.Cl. The second-order valence-electron chi connectivity index (χ2n) is 8.50. The molecular weight excluding hydrogens is 452 g/mol. The molecule has 0 aliphatic carbocycles. The molecule has 0 radical (unpaired) electrons. The van der Waals surface area contributed by atoms with Crippen molar-refractivity contribution in [1.29, 1.82) is 0 Å². The van der Waals surface area contributed by atoms with Crippen molar-refractivity contribution < 1.29 is 4.79 Å². The van der Waals surface area contributed by atoms with Gasteiger partial charge in [0.2, 0.25) is 0 Å². The van der Waals surface area contributed by atoms with Crippen LogP contribution in [0, 0.1) is 0 Å². The molecule has 1 aliphatic rings. The van der Waals surface area contributed by atoms with Crippen LogP contribution in [-0.4, -0.2) is 50.8 Å². The van der Waals surface area contributed by atoms with Crippen LogP contribution < -0.4 is 15.1 Å². The van der Waals surface area contributed by atoms with Crippen molar-refractivity contribution in [3.63, 3.8) is 0 Å². The third-order valence-corrected chi connectivity index (χ3v) is 6.17. The van der Waals surface area contributed by atoms with Crippen LogP contribution in [-0.2, 0) is 26.1 Å². The largest absolute Gasteiger partial charge is 0.357 e. The smallest absolute Gasteiger partial charge is 0.260 e. The number of carbonyl (C=O) groups is 1. The molecule has 4 rings (SSSR count). The van der Waals surface area contributed by atoms with E-state index in [1.165, 1.54) is 0 Å². The topological polar surface area (TPSA) is 92.1 Å². The second-order valence-corrected chi connectivity index (χ2v) is 8.50. The van der Waals surface area contributed by atoms with E-state index in [1.54, 1.807) is 4.90 Å². The first kappa shape index (κ1) is 25.6. The summed E-state index contributed by atoms with van der Waals surface area (Å²) in [4.78, 5) is 27.0. The minimum atomic E-state index is -0.0565. The Hall–Kier alpha value is -3.04. The van der Waals surface area contributed by atoms with Crippen LogP contribution in [0.3, 0.4) is 0 Å². The van der Waals surface area contributed by atoms with Crippen molar-refractivity contribution >= 4 is 29.9 Å². The summed E-state index contributed by atoms with van der Waals surface area (Å²) in [6.07, 6.45) is 0.800. The van der Waals surface area contributed by atoms with Crippen molar-refractivity contribution in [3.05, 3.63) is 46.9 Å². The summed E-state index contributed by atoms with van der Waals surface area (Å²) >= 11 is 0. The van der Waals surface area contributed by atoms with E-state index in [0.717, 1.165) is 41.7 Å². The minimum Gasteiger partial charge on any atom is -0.357 e. The zero-order valence-electron chi connectivity index (χ0n) is 20.7. The van der Waals surface area contributed by atoms with Gasteiger partial charge in [-0.3, -0.25) is 9.69 Å². The van der Waals surface area contributed by atoms with E-state index < -0.39 is 0 Å². The lowest BCUT2D eigenvalue weighted by Gasteiger charge is -2.24. The summed E-state index contributed by atoms with van der Waals surface area (Å²) in [5.74, 6) is 2.99. The fourth-order valence-electron chi connectivity index (χ4n) is 4.11. The number of anilines is 2. The summed E-state index contributed by atoms with van der Waals surface area (Å²) in [6.45, 7) is 10.1. The van der Waals surface area contributed by atoms with Gasteiger partial charge in [-0.15, -0.1) is 22.6 Å². The fourth-order valence-corrected chi connectivity index (χ4v) is 4.11. The zero-order valence-corrected chi connectivity index (χ0v) is 21.5. The summed E-state index contributed by atoms with van der Waals surface area (Å²) in [7, 11) is 3.89. The number of aryl methyl sites for hydroxylation is 1. The number of fused-ring (bicyclic) bond motifs is 1. The van der Waals surface area contributed by atoms with Gasteiger partial charge in [0.25, 0.3) is 5.91 Å². The zero-order chi connectivity index (χ0) is 23.7. The monoisotopic (exact) mass is 484 g/mol. The number of hydrogen-bond acceptors (Lipinski definition) is 7. The van der Waals surface area contributed by atoms with E-state index in [4.69, 9.17) is 9.97 Å².